The number of allylic oxidation sites excluding steroid dienone is 1. The molecule has 0 spiro atoms. The lowest BCUT2D eigenvalue weighted by Crippen LogP contribution is -2.46. The smallest absolute Gasteiger partial charge is 0.203 e. The Kier molecular flexibility index (Phi) is 3.37. The molecule has 1 aromatic carbocycles. The summed E-state index contributed by atoms with van der Waals surface area (Å²) in [6, 6.07) is 10.3. The molecule has 3 heterocycles. The molecule has 0 radical (unpaired) electrons. The highest BCUT2D eigenvalue weighted by Crippen LogP contribution is 2.34. The van der Waals surface area contributed by atoms with Crippen LogP contribution in [-0.4, -0.2) is 33.0 Å². The van der Waals surface area contributed by atoms with E-state index in [0.29, 0.717) is 5.92 Å². The van der Waals surface area contributed by atoms with Crippen molar-refractivity contribution in [1.82, 2.24) is 19.9 Å². The van der Waals surface area contributed by atoms with Gasteiger partial charge in [-0.15, -0.1) is 0 Å². The normalized spacial score (nSPS) is 16.6. The summed E-state index contributed by atoms with van der Waals surface area (Å²) in [5.41, 5.74) is 5.55. The van der Waals surface area contributed by atoms with Gasteiger partial charge in [0, 0.05) is 42.7 Å². The van der Waals surface area contributed by atoms with Crippen LogP contribution in [0.1, 0.15) is 29.4 Å². The Morgan fingerprint density at radius 2 is 1.88 bits per heavy atom. The Morgan fingerprint density at radius 1 is 1.04 bits per heavy atom. The average Bonchev–Trinajstić information content (AvgIpc) is 3.05. The number of fused-ring (bicyclic) bond motifs is 1. The van der Waals surface area contributed by atoms with Crippen molar-refractivity contribution in [1.29, 1.82) is 0 Å². The number of aromatic nitrogens is 4. The Hall–Kier alpha value is -2.95. The second-order valence-corrected chi connectivity index (χ2v) is 6.62. The summed E-state index contributed by atoms with van der Waals surface area (Å²) in [5.74, 6) is 1.37. The minimum Gasteiger partial charge on any atom is -0.341 e. The molecule has 0 atom stereocenters. The molecule has 1 N–H and O–H groups in total. The number of nitrogens with one attached hydrogen (secondary N) is 1. The van der Waals surface area contributed by atoms with Crippen molar-refractivity contribution in [3.63, 3.8) is 0 Å². The van der Waals surface area contributed by atoms with Crippen molar-refractivity contribution in [3.05, 3.63) is 65.9 Å². The maximum atomic E-state index is 4.73. The van der Waals surface area contributed by atoms with Gasteiger partial charge in [0.1, 0.15) is 0 Å². The third kappa shape index (κ3) is 2.52. The van der Waals surface area contributed by atoms with Crippen LogP contribution >= 0.6 is 0 Å². The van der Waals surface area contributed by atoms with E-state index in [-0.39, 0.29) is 0 Å². The second-order valence-electron chi connectivity index (χ2n) is 6.62. The van der Waals surface area contributed by atoms with Crippen LogP contribution in [0, 0.1) is 0 Å². The van der Waals surface area contributed by atoms with E-state index >= 15 is 0 Å². The lowest BCUT2D eigenvalue weighted by atomic mass is 9.93. The Balaban J connectivity index is 1.38. The molecule has 3 aromatic rings. The number of H-pyrrole nitrogens is 1. The molecule has 2 aromatic heterocycles. The maximum Gasteiger partial charge on any atom is 0.203 e. The highest BCUT2D eigenvalue weighted by molar-refractivity contribution is 5.63. The van der Waals surface area contributed by atoms with Gasteiger partial charge < -0.3 is 9.88 Å². The zero-order chi connectivity index (χ0) is 16.6. The molecule has 0 bridgehead atoms. The number of aryl methyl sites for hydroxylation is 1. The van der Waals surface area contributed by atoms with Crippen molar-refractivity contribution in [2.24, 2.45) is 0 Å². The van der Waals surface area contributed by atoms with Crippen LogP contribution in [-0.2, 0) is 6.42 Å². The predicted molar refractivity (Wildman–Crippen MR) is 98.4 cm³/mol. The first-order chi connectivity index (χ1) is 12.4. The summed E-state index contributed by atoms with van der Waals surface area (Å²) in [7, 11) is 0. The Morgan fingerprint density at radius 3 is 2.72 bits per heavy atom. The van der Waals surface area contributed by atoms with Crippen molar-refractivity contribution < 1.29 is 0 Å². The molecular formula is C20H19N5. The zero-order valence-electron chi connectivity index (χ0n) is 13.9. The highest BCUT2D eigenvalue weighted by atomic mass is 15.3. The first-order valence-electron chi connectivity index (χ1n) is 8.75. The van der Waals surface area contributed by atoms with Gasteiger partial charge in [0.15, 0.2) is 0 Å². The highest BCUT2D eigenvalue weighted by Gasteiger charge is 2.33. The van der Waals surface area contributed by atoms with E-state index in [0.717, 1.165) is 54.5 Å². The number of benzene rings is 1. The van der Waals surface area contributed by atoms with Crippen LogP contribution in [0.4, 0.5) is 5.95 Å². The van der Waals surface area contributed by atoms with Gasteiger partial charge in [-0.1, -0.05) is 36.4 Å². The number of hydrogen-bond acceptors (Lipinski definition) is 4. The topological polar surface area (TPSA) is 57.7 Å². The van der Waals surface area contributed by atoms with Crippen molar-refractivity contribution in [3.8, 4) is 11.3 Å². The molecule has 5 nitrogen and oxygen atoms in total. The van der Waals surface area contributed by atoms with E-state index < -0.39 is 0 Å². The minimum atomic E-state index is 0.390. The van der Waals surface area contributed by atoms with Gasteiger partial charge in [-0.2, -0.15) is 0 Å². The summed E-state index contributed by atoms with van der Waals surface area (Å²) >= 11 is 0. The number of aromatic amines is 1. The maximum absolute atomic E-state index is 4.73. The van der Waals surface area contributed by atoms with Gasteiger partial charge in [-0.3, -0.25) is 9.97 Å². The van der Waals surface area contributed by atoms with Crippen molar-refractivity contribution in [2.45, 2.75) is 18.8 Å². The molecule has 25 heavy (non-hydrogen) atoms. The van der Waals surface area contributed by atoms with Crippen LogP contribution in [0.2, 0.25) is 0 Å². The molecule has 0 saturated carbocycles. The van der Waals surface area contributed by atoms with Crippen LogP contribution in [0.3, 0.4) is 0 Å². The fourth-order valence-electron chi connectivity index (χ4n) is 3.60. The van der Waals surface area contributed by atoms with Gasteiger partial charge in [-0.05, 0) is 18.9 Å². The van der Waals surface area contributed by atoms with E-state index in [1.807, 2.05) is 18.2 Å². The van der Waals surface area contributed by atoms with Gasteiger partial charge >= 0.3 is 0 Å². The average molecular weight is 329 g/mol. The number of imidazole rings is 1. The molecule has 1 saturated heterocycles. The monoisotopic (exact) mass is 329 g/mol. The summed E-state index contributed by atoms with van der Waals surface area (Å²) in [5, 5.41) is 0. The summed E-state index contributed by atoms with van der Waals surface area (Å²) in [6.07, 6.45) is 10.0. The van der Waals surface area contributed by atoms with Gasteiger partial charge in [0.25, 0.3) is 0 Å². The molecule has 0 amide bonds. The number of hydrogen-bond donors (Lipinski definition) is 1. The molecule has 2 aliphatic rings. The van der Waals surface area contributed by atoms with Gasteiger partial charge in [-0.25, -0.2) is 4.98 Å². The summed E-state index contributed by atoms with van der Waals surface area (Å²) < 4.78 is 0. The van der Waals surface area contributed by atoms with Crippen molar-refractivity contribution in [2.75, 3.05) is 18.0 Å². The van der Waals surface area contributed by atoms with Crippen LogP contribution in [0.25, 0.3) is 17.3 Å². The van der Waals surface area contributed by atoms with E-state index in [1.165, 1.54) is 5.69 Å². The molecule has 1 aliphatic heterocycles. The fraction of sp³-hybridized carbons (Fsp3) is 0.250. The third-order valence-corrected chi connectivity index (χ3v) is 4.98. The van der Waals surface area contributed by atoms with Crippen LogP contribution in [0.15, 0.2) is 48.8 Å². The summed E-state index contributed by atoms with van der Waals surface area (Å²) in [6.45, 7) is 1.85. The third-order valence-electron chi connectivity index (χ3n) is 4.98. The SMILES string of the molecule is C1=Cc2nc(N3CC(c4nccnc4-c4ccccc4)C3)[nH]c2CC1. The largest absolute Gasteiger partial charge is 0.341 e. The molecule has 5 heteroatoms. The zero-order valence-corrected chi connectivity index (χ0v) is 13.9. The predicted octanol–water partition coefficient (Wildman–Crippen LogP) is 3.43. The molecule has 1 fully saturated rings. The van der Waals surface area contributed by atoms with Gasteiger partial charge in [0.05, 0.1) is 17.1 Å². The molecule has 1 aliphatic carbocycles. The van der Waals surface area contributed by atoms with E-state index in [4.69, 9.17) is 4.98 Å². The standard InChI is InChI=1S/C20H19N5/c1-2-6-14(7-3-1)18-19(22-11-10-21-18)15-12-25(13-15)20-23-16-8-4-5-9-17(16)24-20/h1-4,6-8,10-11,15H,5,9,12-13H2,(H,23,24). The van der Waals surface area contributed by atoms with Crippen LogP contribution < -0.4 is 4.90 Å². The van der Waals surface area contributed by atoms with Gasteiger partial charge in [0.2, 0.25) is 5.95 Å². The number of rotatable bonds is 3. The molecule has 124 valence electrons. The first kappa shape index (κ1) is 14.4. The second kappa shape index (κ2) is 5.84. The molecular weight excluding hydrogens is 310 g/mol. The number of nitrogens with zero attached hydrogens (tertiary/aromatic N) is 4. The first-order valence-corrected chi connectivity index (χ1v) is 8.75. The molecule has 0 unspecified atom stereocenters. The summed E-state index contributed by atoms with van der Waals surface area (Å²) in [4.78, 5) is 19.7. The lowest BCUT2D eigenvalue weighted by Gasteiger charge is -2.39. The quantitative estimate of drug-likeness (QED) is 0.800. The Bertz CT molecular complexity index is 922. The number of anilines is 1. The van der Waals surface area contributed by atoms with Crippen LogP contribution in [0.5, 0.6) is 0 Å². The molecule has 5 rings (SSSR count). The Labute approximate surface area is 146 Å². The minimum absolute atomic E-state index is 0.390. The fourth-order valence-corrected chi connectivity index (χ4v) is 3.60. The van der Waals surface area contributed by atoms with Crippen molar-refractivity contribution >= 4 is 12.0 Å². The van der Waals surface area contributed by atoms with E-state index in [2.05, 4.69) is 44.1 Å². The van der Waals surface area contributed by atoms with E-state index in [1.54, 1.807) is 12.4 Å². The van der Waals surface area contributed by atoms with E-state index in [9.17, 15) is 0 Å². The lowest BCUT2D eigenvalue weighted by molar-refractivity contribution is 0.504.